The van der Waals surface area contributed by atoms with E-state index in [0.29, 0.717) is 31.7 Å². The summed E-state index contributed by atoms with van der Waals surface area (Å²) >= 11 is 0. The molecule has 1 aliphatic heterocycles. The first-order valence-corrected chi connectivity index (χ1v) is 11.9. The van der Waals surface area contributed by atoms with Crippen molar-refractivity contribution < 1.29 is 38.8 Å². The number of carbonyl (C=O) groups excluding carboxylic acids is 3. The molecule has 10 heteroatoms. The van der Waals surface area contributed by atoms with Crippen LogP contribution >= 0.6 is 0 Å². The van der Waals surface area contributed by atoms with Gasteiger partial charge in [-0.25, -0.2) is 4.79 Å². The zero-order valence-electron chi connectivity index (χ0n) is 20.8. The summed E-state index contributed by atoms with van der Waals surface area (Å²) in [6.07, 6.45) is 1.45. The van der Waals surface area contributed by atoms with Crippen molar-refractivity contribution in [3.05, 3.63) is 23.3 Å². The van der Waals surface area contributed by atoms with Gasteiger partial charge in [0.15, 0.2) is 11.5 Å². The number of ether oxygens (including phenoxy) is 3. The molecule has 2 fully saturated rings. The maximum atomic E-state index is 12.6. The first kappa shape index (κ1) is 26.7. The van der Waals surface area contributed by atoms with Crippen LogP contribution in [-0.4, -0.2) is 72.6 Å². The molecule has 0 spiro atoms. The van der Waals surface area contributed by atoms with E-state index in [1.165, 1.54) is 6.07 Å². The molecular weight excluding hydrogens is 456 g/mol. The standard InChI is InChI=1S/C25H36N2O8/c1-15-9-19(28)20(29)10-18(15)22(31)34-13-17(35-23(32)25(4)6-7-25)11-27-24(2,3)14-26-21(30)16-5-8-33-12-16/h9-10,16-17,27-29H,5-8,11-14H2,1-4H3,(H,26,30)/t16?,17-/m0/s1. The van der Waals surface area contributed by atoms with E-state index in [-0.39, 0.29) is 42.3 Å². The van der Waals surface area contributed by atoms with Crippen LogP contribution in [-0.2, 0) is 23.8 Å². The van der Waals surface area contributed by atoms with Gasteiger partial charge in [0.25, 0.3) is 0 Å². The molecule has 1 heterocycles. The molecule has 194 valence electrons. The Morgan fingerprint density at radius 2 is 1.91 bits per heavy atom. The first-order chi connectivity index (χ1) is 16.4. The topological polar surface area (TPSA) is 143 Å². The Bertz CT molecular complexity index is 951. The summed E-state index contributed by atoms with van der Waals surface area (Å²) < 4.78 is 16.3. The van der Waals surface area contributed by atoms with Crippen molar-refractivity contribution in [2.45, 2.75) is 58.6 Å². The lowest BCUT2D eigenvalue weighted by Gasteiger charge is -2.30. The fraction of sp³-hybridized carbons (Fsp3) is 0.640. The summed E-state index contributed by atoms with van der Waals surface area (Å²) in [5.41, 5.74) is -0.487. The normalized spacial score (nSPS) is 19.6. The number of benzene rings is 1. The van der Waals surface area contributed by atoms with Crippen LogP contribution in [0.3, 0.4) is 0 Å². The van der Waals surface area contributed by atoms with Crippen molar-refractivity contribution in [1.29, 1.82) is 0 Å². The Balaban J connectivity index is 1.57. The Hall–Kier alpha value is -2.85. The van der Waals surface area contributed by atoms with Crippen molar-refractivity contribution in [3.63, 3.8) is 0 Å². The molecule has 1 aromatic carbocycles. The van der Waals surface area contributed by atoms with E-state index in [2.05, 4.69) is 10.6 Å². The number of hydrogen-bond donors (Lipinski definition) is 4. The Kier molecular flexibility index (Phi) is 8.27. The summed E-state index contributed by atoms with van der Waals surface area (Å²) in [6, 6.07) is 2.41. The molecule has 4 N–H and O–H groups in total. The number of rotatable bonds is 11. The highest BCUT2D eigenvalue weighted by Crippen LogP contribution is 2.46. The first-order valence-electron chi connectivity index (χ1n) is 11.9. The molecule has 3 rings (SSSR count). The number of phenols is 2. The van der Waals surface area contributed by atoms with E-state index in [4.69, 9.17) is 14.2 Å². The number of hydrogen-bond acceptors (Lipinski definition) is 9. The van der Waals surface area contributed by atoms with Crippen LogP contribution in [0.1, 0.15) is 56.0 Å². The molecule has 1 aliphatic carbocycles. The van der Waals surface area contributed by atoms with E-state index in [0.717, 1.165) is 18.9 Å². The summed E-state index contributed by atoms with van der Waals surface area (Å²) in [4.78, 5) is 37.5. The third kappa shape index (κ3) is 7.32. The second kappa shape index (κ2) is 10.8. The monoisotopic (exact) mass is 492 g/mol. The molecule has 1 saturated heterocycles. The molecule has 1 unspecified atom stereocenters. The second-order valence-electron chi connectivity index (χ2n) is 10.4. The number of amides is 1. The van der Waals surface area contributed by atoms with E-state index in [1.54, 1.807) is 6.92 Å². The van der Waals surface area contributed by atoms with Gasteiger partial charge in [-0.2, -0.15) is 0 Å². The van der Waals surface area contributed by atoms with E-state index in [1.807, 2.05) is 20.8 Å². The number of carbonyl (C=O) groups is 3. The SMILES string of the molecule is Cc1cc(O)c(O)cc1C(=O)OC[C@H](CNC(C)(C)CNC(=O)C1CCOC1)OC(=O)C1(C)CC1. The summed E-state index contributed by atoms with van der Waals surface area (Å²) in [7, 11) is 0. The number of aryl methyl sites for hydroxylation is 1. The van der Waals surface area contributed by atoms with Gasteiger partial charge < -0.3 is 35.1 Å². The molecule has 35 heavy (non-hydrogen) atoms. The highest BCUT2D eigenvalue weighted by Gasteiger charge is 2.47. The van der Waals surface area contributed by atoms with Crippen molar-refractivity contribution in [2.75, 3.05) is 32.9 Å². The lowest BCUT2D eigenvalue weighted by Crippen LogP contribution is -2.53. The van der Waals surface area contributed by atoms with E-state index >= 15 is 0 Å². The summed E-state index contributed by atoms with van der Waals surface area (Å²) in [6.45, 7) is 8.64. The van der Waals surface area contributed by atoms with Gasteiger partial charge >= 0.3 is 11.9 Å². The molecule has 2 atom stereocenters. The van der Waals surface area contributed by atoms with Crippen LogP contribution in [0.25, 0.3) is 0 Å². The summed E-state index contributed by atoms with van der Waals surface area (Å²) in [5, 5.41) is 25.5. The fourth-order valence-corrected chi connectivity index (χ4v) is 3.61. The maximum Gasteiger partial charge on any atom is 0.338 e. The molecular formula is C25H36N2O8. The highest BCUT2D eigenvalue weighted by atomic mass is 16.6. The van der Waals surface area contributed by atoms with E-state index < -0.39 is 28.8 Å². The lowest BCUT2D eigenvalue weighted by atomic mass is 10.0. The van der Waals surface area contributed by atoms with Gasteiger partial charge in [-0.1, -0.05) is 0 Å². The molecule has 1 saturated carbocycles. The van der Waals surface area contributed by atoms with Crippen LogP contribution in [0.15, 0.2) is 12.1 Å². The Morgan fingerprint density at radius 3 is 2.54 bits per heavy atom. The molecule has 2 aliphatic rings. The van der Waals surface area contributed by atoms with Crippen molar-refractivity contribution in [2.24, 2.45) is 11.3 Å². The van der Waals surface area contributed by atoms with Crippen molar-refractivity contribution in [1.82, 2.24) is 10.6 Å². The quantitative estimate of drug-likeness (QED) is 0.268. The molecule has 0 bridgehead atoms. The molecule has 1 aromatic rings. The van der Waals surface area contributed by atoms with Gasteiger partial charge in [0.1, 0.15) is 12.7 Å². The fourth-order valence-electron chi connectivity index (χ4n) is 3.61. The minimum Gasteiger partial charge on any atom is -0.504 e. The molecule has 10 nitrogen and oxygen atoms in total. The van der Waals surface area contributed by atoms with Crippen LogP contribution in [0.4, 0.5) is 0 Å². The van der Waals surface area contributed by atoms with Crippen LogP contribution in [0, 0.1) is 18.3 Å². The molecule has 0 radical (unpaired) electrons. The number of nitrogens with one attached hydrogen (secondary N) is 2. The highest BCUT2D eigenvalue weighted by molar-refractivity contribution is 5.92. The third-order valence-electron chi connectivity index (χ3n) is 6.52. The number of phenolic OH excluding ortho intramolecular Hbond substituents is 2. The zero-order chi connectivity index (χ0) is 25.8. The van der Waals surface area contributed by atoms with Crippen LogP contribution in [0.2, 0.25) is 0 Å². The lowest BCUT2D eigenvalue weighted by molar-refractivity contribution is -0.157. The van der Waals surface area contributed by atoms with Crippen molar-refractivity contribution >= 4 is 17.8 Å². The maximum absolute atomic E-state index is 12.6. The minimum atomic E-state index is -0.756. The third-order valence-corrected chi connectivity index (χ3v) is 6.52. The van der Waals surface area contributed by atoms with Crippen molar-refractivity contribution in [3.8, 4) is 11.5 Å². The minimum absolute atomic E-state index is 0.0524. The van der Waals surface area contributed by atoms with Gasteiger partial charge in [-0.05, 0) is 64.7 Å². The average Bonchev–Trinajstić information content (AvgIpc) is 3.32. The summed E-state index contributed by atoms with van der Waals surface area (Å²) in [5.74, 6) is -2.00. The van der Waals surface area contributed by atoms with Crippen LogP contribution < -0.4 is 10.6 Å². The van der Waals surface area contributed by atoms with Gasteiger partial charge in [0.2, 0.25) is 5.91 Å². The smallest absolute Gasteiger partial charge is 0.338 e. The number of esters is 2. The van der Waals surface area contributed by atoms with Gasteiger partial charge in [0.05, 0.1) is 23.5 Å². The molecule has 0 aromatic heterocycles. The predicted molar refractivity (Wildman–Crippen MR) is 126 cm³/mol. The molecule has 1 amide bonds. The van der Waals surface area contributed by atoms with Gasteiger partial charge in [-0.15, -0.1) is 0 Å². The largest absolute Gasteiger partial charge is 0.504 e. The Morgan fingerprint density at radius 1 is 1.23 bits per heavy atom. The predicted octanol–water partition coefficient (Wildman–Crippen LogP) is 1.80. The van der Waals surface area contributed by atoms with Crippen LogP contribution in [0.5, 0.6) is 11.5 Å². The van der Waals surface area contributed by atoms with E-state index in [9.17, 15) is 24.6 Å². The zero-order valence-corrected chi connectivity index (χ0v) is 20.8. The average molecular weight is 493 g/mol. The van der Waals surface area contributed by atoms with Gasteiger partial charge in [-0.3, -0.25) is 9.59 Å². The second-order valence-corrected chi connectivity index (χ2v) is 10.4. The number of aromatic hydroxyl groups is 2. The van der Waals surface area contributed by atoms with Gasteiger partial charge in [0, 0.05) is 25.2 Å². The Labute approximate surface area is 205 Å².